The van der Waals surface area contributed by atoms with Gasteiger partial charge in [-0.3, -0.25) is 10.1 Å². The van der Waals surface area contributed by atoms with Crippen LogP contribution in [0.3, 0.4) is 0 Å². The third-order valence-corrected chi connectivity index (χ3v) is 5.47. The van der Waals surface area contributed by atoms with Crippen LogP contribution in [0, 0.1) is 5.41 Å². The molecular formula is C17H22Cl2N4O2S. The number of benzene rings is 1. The molecule has 0 aliphatic carbocycles. The van der Waals surface area contributed by atoms with Gasteiger partial charge in [-0.15, -0.1) is 22.6 Å². The molecule has 1 aliphatic heterocycles. The molecule has 2 heterocycles. The van der Waals surface area contributed by atoms with Gasteiger partial charge in [-0.2, -0.15) is 0 Å². The number of carbonyl (C=O) groups excluding carboxylic acids is 1. The molecule has 1 aromatic heterocycles. The number of rotatable bonds is 6. The van der Waals surface area contributed by atoms with E-state index in [1.807, 2.05) is 24.3 Å². The van der Waals surface area contributed by atoms with Gasteiger partial charge in [0.2, 0.25) is 11.0 Å². The highest BCUT2D eigenvalue weighted by Gasteiger charge is 2.40. The van der Waals surface area contributed by atoms with Crippen LogP contribution in [0.1, 0.15) is 23.4 Å². The predicted molar refractivity (Wildman–Crippen MR) is 106 cm³/mol. The largest absolute Gasteiger partial charge is 0.384 e. The van der Waals surface area contributed by atoms with Gasteiger partial charge in [0.25, 0.3) is 0 Å². The number of piperidine rings is 1. The van der Waals surface area contributed by atoms with Crippen LogP contribution in [0.2, 0.25) is 5.02 Å². The van der Waals surface area contributed by atoms with Gasteiger partial charge in [-0.1, -0.05) is 35.1 Å². The summed E-state index contributed by atoms with van der Waals surface area (Å²) in [6.45, 7) is 2.04. The third-order valence-electron chi connectivity index (χ3n) is 4.39. The molecular weight excluding hydrogens is 395 g/mol. The van der Waals surface area contributed by atoms with Gasteiger partial charge in [0.05, 0.1) is 12.0 Å². The molecule has 9 heteroatoms. The maximum Gasteiger partial charge on any atom is 0.234 e. The van der Waals surface area contributed by atoms with Crippen LogP contribution < -0.4 is 10.6 Å². The van der Waals surface area contributed by atoms with E-state index in [1.54, 1.807) is 7.11 Å². The smallest absolute Gasteiger partial charge is 0.234 e. The molecule has 0 bridgehead atoms. The molecule has 0 spiro atoms. The number of amides is 1. The van der Waals surface area contributed by atoms with E-state index in [4.69, 9.17) is 16.3 Å². The van der Waals surface area contributed by atoms with Gasteiger partial charge in [-0.25, -0.2) is 0 Å². The first-order valence-electron chi connectivity index (χ1n) is 8.19. The summed E-state index contributed by atoms with van der Waals surface area (Å²) in [5.74, 6) is -0.0405. The Labute approximate surface area is 168 Å². The quantitative estimate of drug-likeness (QED) is 0.755. The summed E-state index contributed by atoms with van der Waals surface area (Å²) in [4.78, 5) is 12.8. The van der Waals surface area contributed by atoms with Gasteiger partial charge in [-0.05, 0) is 43.6 Å². The monoisotopic (exact) mass is 416 g/mol. The summed E-state index contributed by atoms with van der Waals surface area (Å²) in [6.07, 6.45) is 2.14. The van der Waals surface area contributed by atoms with Crippen molar-refractivity contribution >= 4 is 46.4 Å². The van der Waals surface area contributed by atoms with Crippen molar-refractivity contribution in [1.29, 1.82) is 0 Å². The Morgan fingerprint density at radius 3 is 2.85 bits per heavy atom. The molecule has 26 heavy (non-hydrogen) atoms. The number of hydrogen-bond acceptors (Lipinski definition) is 6. The van der Waals surface area contributed by atoms with Crippen LogP contribution in [0.15, 0.2) is 24.3 Å². The summed E-state index contributed by atoms with van der Waals surface area (Å²) in [7, 11) is 1.63. The molecule has 2 N–H and O–H groups in total. The Morgan fingerprint density at radius 1 is 1.38 bits per heavy atom. The first-order valence-corrected chi connectivity index (χ1v) is 9.39. The maximum absolute atomic E-state index is 12.8. The van der Waals surface area contributed by atoms with Gasteiger partial charge in [0, 0.05) is 18.6 Å². The molecule has 3 rings (SSSR count). The summed E-state index contributed by atoms with van der Waals surface area (Å²) < 4.78 is 5.31. The number of methoxy groups -OCH3 is 1. The Bertz CT molecular complexity index is 730. The van der Waals surface area contributed by atoms with Crippen molar-refractivity contribution in [2.75, 3.05) is 32.1 Å². The average Bonchev–Trinajstić information content (AvgIpc) is 3.03. The van der Waals surface area contributed by atoms with Crippen molar-refractivity contribution in [3.05, 3.63) is 39.9 Å². The third kappa shape index (κ3) is 5.14. The average molecular weight is 417 g/mol. The van der Waals surface area contributed by atoms with E-state index in [9.17, 15) is 4.79 Å². The van der Waals surface area contributed by atoms with Crippen LogP contribution in [0.5, 0.6) is 0 Å². The van der Waals surface area contributed by atoms with Crippen molar-refractivity contribution < 1.29 is 9.53 Å². The zero-order chi connectivity index (χ0) is 17.7. The molecule has 1 aliphatic rings. The number of hydrogen-bond donors (Lipinski definition) is 2. The van der Waals surface area contributed by atoms with E-state index in [1.165, 1.54) is 11.3 Å². The van der Waals surface area contributed by atoms with E-state index in [0.29, 0.717) is 23.2 Å². The number of aromatic nitrogens is 2. The van der Waals surface area contributed by atoms with Crippen LogP contribution in [0.25, 0.3) is 0 Å². The van der Waals surface area contributed by atoms with Crippen molar-refractivity contribution in [3.63, 3.8) is 0 Å². The minimum Gasteiger partial charge on any atom is -0.384 e. The fourth-order valence-corrected chi connectivity index (χ4v) is 4.03. The lowest BCUT2D eigenvalue weighted by molar-refractivity contribution is -0.130. The fourth-order valence-electron chi connectivity index (χ4n) is 3.05. The van der Waals surface area contributed by atoms with Crippen LogP contribution in [-0.4, -0.2) is 42.9 Å². The van der Waals surface area contributed by atoms with Crippen molar-refractivity contribution in [3.8, 4) is 0 Å². The standard InChI is InChI=1S/C17H21ClN4O2S.ClH/c1-24-11-17(5-7-19-8-6-17)15(23)20-16-22-21-14(25-16)10-12-3-2-4-13(18)9-12;/h2-4,9,19H,5-8,10-11H2,1H3,(H,20,22,23);1H. The van der Waals surface area contributed by atoms with Crippen molar-refractivity contribution in [2.45, 2.75) is 19.3 Å². The second-order valence-electron chi connectivity index (χ2n) is 6.23. The minimum atomic E-state index is -0.501. The number of nitrogens with zero attached hydrogens (tertiary/aromatic N) is 2. The number of carbonyl (C=O) groups is 1. The first kappa shape index (κ1) is 21.1. The van der Waals surface area contributed by atoms with E-state index >= 15 is 0 Å². The van der Waals surface area contributed by atoms with Crippen LogP contribution in [-0.2, 0) is 16.0 Å². The van der Waals surface area contributed by atoms with Gasteiger partial charge >= 0.3 is 0 Å². The molecule has 1 amide bonds. The number of halogens is 2. The number of nitrogens with one attached hydrogen (secondary N) is 2. The van der Waals surface area contributed by atoms with Gasteiger partial charge in [0.1, 0.15) is 5.01 Å². The molecule has 6 nitrogen and oxygen atoms in total. The molecule has 0 unspecified atom stereocenters. The van der Waals surface area contributed by atoms with Crippen molar-refractivity contribution in [2.24, 2.45) is 5.41 Å². The lowest BCUT2D eigenvalue weighted by atomic mass is 9.79. The van der Waals surface area contributed by atoms with Crippen molar-refractivity contribution in [1.82, 2.24) is 15.5 Å². The Morgan fingerprint density at radius 2 is 2.15 bits per heavy atom. The molecule has 1 saturated heterocycles. The number of ether oxygens (including phenoxy) is 1. The van der Waals surface area contributed by atoms with Crippen LogP contribution >= 0.6 is 35.3 Å². The normalized spacial score (nSPS) is 15.9. The predicted octanol–water partition coefficient (Wildman–Crippen LogP) is 3.16. The van der Waals surface area contributed by atoms with Gasteiger partial charge < -0.3 is 10.1 Å². The Kier molecular flexibility index (Phi) is 7.79. The minimum absolute atomic E-state index is 0. The highest BCUT2D eigenvalue weighted by molar-refractivity contribution is 7.15. The Hall–Kier alpha value is -1.25. The molecule has 0 atom stereocenters. The lowest BCUT2D eigenvalue weighted by Gasteiger charge is -2.35. The zero-order valence-electron chi connectivity index (χ0n) is 14.5. The molecule has 1 fully saturated rings. The molecule has 1 aromatic carbocycles. The second kappa shape index (κ2) is 9.62. The highest BCUT2D eigenvalue weighted by Crippen LogP contribution is 2.31. The first-order chi connectivity index (χ1) is 12.1. The fraction of sp³-hybridized carbons (Fsp3) is 0.471. The SMILES string of the molecule is COCC1(C(=O)Nc2nnc(Cc3cccc(Cl)c3)s2)CCNCC1.Cl. The summed E-state index contributed by atoms with van der Waals surface area (Å²) >= 11 is 7.40. The zero-order valence-corrected chi connectivity index (χ0v) is 16.8. The second-order valence-corrected chi connectivity index (χ2v) is 7.72. The summed E-state index contributed by atoms with van der Waals surface area (Å²) in [6, 6.07) is 7.65. The number of anilines is 1. The molecule has 142 valence electrons. The molecule has 0 saturated carbocycles. The highest BCUT2D eigenvalue weighted by atomic mass is 35.5. The van der Waals surface area contributed by atoms with Gasteiger partial charge in [0.15, 0.2) is 0 Å². The topological polar surface area (TPSA) is 76.1 Å². The summed E-state index contributed by atoms with van der Waals surface area (Å²) in [5, 5.41) is 16.5. The molecule has 0 radical (unpaired) electrons. The van der Waals surface area contributed by atoms with E-state index in [0.717, 1.165) is 36.5 Å². The Balaban J connectivity index is 0.00000243. The van der Waals surface area contributed by atoms with Crippen LogP contribution in [0.4, 0.5) is 5.13 Å². The maximum atomic E-state index is 12.8. The summed E-state index contributed by atoms with van der Waals surface area (Å²) in [5.41, 5.74) is 0.564. The van der Waals surface area contributed by atoms with E-state index in [2.05, 4.69) is 20.8 Å². The lowest BCUT2D eigenvalue weighted by Crippen LogP contribution is -2.47. The van der Waals surface area contributed by atoms with E-state index < -0.39 is 5.41 Å². The van der Waals surface area contributed by atoms with E-state index in [-0.39, 0.29) is 18.3 Å². The molecule has 2 aromatic rings.